The van der Waals surface area contributed by atoms with Gasteiger partial charge in [-0.05, 0) is 31.0 Å². The zero-order valence-electron chi connectivity index (χ0n) is 12.0. The van der Waals surface area contributed by atoms with E-state index in [2.05, 4.69) is 18.7 Å². The number of halogens is 2. The van der Waals surface area contributed by atoms with Gasteiger partial charge in [0.25, 0.3) is 0 Å². The molecule has 20 heavy (non-hydrogen) atoms. The van der Waals surface area contributed by atoms with E-state index in [1.807, 2.05) is 12.1 Å². The molecule has 0 saturated carbocycles. The smallest absolute Gasteiger partial charge is 0.0675 e. The summed E-state index contributed by atoms with van der Waals surface area (Å²) < 4.78 is 5.75. The summed E-state index contributed by atoms with van der Waals surface area (Å²) in [6, 6.07) is 6.12. The molecule has 0 amide bonds. The predicted octanol–water partition coefficient (Wildman–Crippen LogP) is 3.49. The number of hydrogen-bond donors (Lipinski definition) is 1. The van der Waals surface area contributed by atoms with Gasteiger partial charge in [0, 0.05) is 35.2 Å². The van der Waals surface area contributed by atoms with Crippen molar-refractivity contribution in [3.63, 3.8) is 0 Å². The van der Waals surface area contributed by atoms with E-state index < -0.39 is 0 Å². The zero-order chi connectivity index (χ0) is 14.7. The van der Waals surface area contributed by atoms with Crippen LogP contribution in [0.15, 0.2) is 18.2 Å². The van der Waals surface area contributed by atoms with Gasteiger partial charge in [-0.15, -0.1) is 0 Å². The Bertz CT molecular complexity index is 455. The molecule has 1 saturated heterocycles. The molecule has 1 aromatic carbocycles. The van der Waals surface area contributed by atoms with Gasteiger partial charge in [0.05, 0.1) is 12.7 Å². The Morgan fingerprint density at radius 1 is 1.45 bits per heavy atom. The minimum Gasteiger partial charge on any atom is -0.376 e. The van der Waals surface area contributed by atoms with Crippen molar-refractivity contribution in [2.24, 2.45) is 5.73 Å². The lowest BCUT2D eigenvalue weighted by molar-refractivity contribution is -0.0719. The van der Waals surface area contributed by atoms with Crippen molar-refractivity contribution in [3.05, 3.63) is 33.8 Å². The van der Waals surface area contributed by atoms with Crippen molar-refractivity contribution < 1.29 is 4.74 Å². The van der Waals surface area contributed by atoms with E-state index in [0.717, 1.165) is 25.1 Å². The van der Waals surface area contributed by atoms with Crippen LogP contribution in [-0.4, -0.2) is 36.7 Å². The van der Waals surface area contributed by atoms with E-state index >= 15 is 0 Å². The van der Waals surface area contributed by atoms with Crippen molar-refractivity contribution in [1.82, 2.24) is 4.90 Å². The fourth-order valence-electron chi connectivity index (χ4n) is 2.82. The Hall–Kier alpha value is -0.320. The number of morpholine rings is 1. The summed E-state index contributed by atoms with van der Waals surface area (Å²) in [5, 5.41) is 1.33. The van der Waals surface area contributed by atoms with Gasteiger partial charge in [0.15, 0.2) is 0 Å². The van der Waals surface area contributed by atoms with Gasteiger partial charge in [0.1, 0.15) is 0 Å². The second kappa shape index (κ2) is 7.10. The molecule has 0 radical (unpaired) electrons. The van der Waals surface area contributed by atoms with Crippen LogP contribution in [0.3, 0.4) is 0 Å². The van der Waals surface area contributed by atoms with Crippen molar-refractivity contribution in [2.75, 3.05) is 19.7 Å². The molecular weight excluding hydrogens is 295 g/mol. The Balaban J connectivity index is 2.29. The summed E-state index contributed by atoms with van der Waals surface area (Å²) >= 11 is 12.3. The third-order valence-electron chi connectivity index (χ3n) is 3.93. The number of benzene rings is 1. The molecule has 1 aliphatic rings. The topological polar surface area (TPSA) is 38.5 Å². The highest BCUT2D eigenvalue weighted by Gasteiger charge is 2.32. The Kier molecular flexibility index (Phi) is 5.70. The molecule has 0 aliphatic carbocycles. The highest BCUT2D eigenvalue weighted by Crippen LogP contribution is 2.32. The summed E-state index contributed by atoms with van der Waals surface area (Å²) in [6.45, 7) is 6.42. The first-order chi connectivity index (χ1) is 9.56. The molecule has 0 bridgehead atoms. The van der Waals surface area contributed by atoms with Crippen LogP contribution >= 0.6 is 23.2 Å². The first kappa shape index (κ1) is 16.1. The van der Waals surface area contributed by atoms with Crippen LogP contribution in [0.5, 0.6) is 0 Å². The molecule has 1 aromatic rings. The Labute approximate surface area is 131 Å². The monoisotopic (exact) mass is 316 g/mol. The summed E-state index contributed by atoms with van der Waals surface area (Å²) in [5.41, 5.74) is 7.08. The van der Waals surface area contributed by atoms with E-state index in [1.54, 1.807) is 6.07 Å². The molecule has 2 N–H and O–H groups in total. The standard InChI is InChI=1S/C15H22Cl2N2O/c1-3-12-9-20-10(2)8-19(12)15(7-18)13-5-4-11(16)6-14(13)17/h4-6,10,12,15H,3,7-9,18H2,1-2H3. The van der Waals surface area contributed by atoms with Crippen LogP contribution < -0.4 is 5.73 Å². The van der Waals surface area contributed by atoms with Crippen LogP contribution in [-0.2, 0) is 4.74 Å². The molecule has 1 aliphatic heterocycles. The molecule has 112 valence electrons. The summed E-state index contributed by atoms with van der Waals surface area (Å²) in [5.74, 6) is 0. The molecule has 0 aromatic heterocycles. The largest absolute Gasteiger partial charge is 0.376 e. The summed E-state index contributed by atoms with van der Waals surface area (Å²) in [7, 11) is 0. The Morgan fingerprint density at radius 3 is 2.80 bits per heavy atom. The SMILES string of the molecule is CCC1COC(C)CN1C(CN)c1ccc(Cl)cc1Cl. The van der Waals surface area contributed by atoms with Crippen molar-refractivity contribution in [3.8, 4) is 0 Å². The molecule has 3 atom stereocenters. The number of hydrogen-bond acceptors (Lipinski definition) is 3. The van der Waals surface area contributed by atoms with Crippen LogP contribution in [0.2, 0.25) is 10.0 Å². The highest BCUT2D eigenvalue weighted by molar-refractivity contribution is 6.35. The molecule has 2 rings (SSSR count). The maximum atomic E-state index is 6.35. The van der Waals surface area contributed by atoms with Gasteiger partial charge in [-0.3, -0.25) is 4.90 Å². The third-order valence-corrected chi connectivity index (χ3v) is 4.49. The zero-order valence-corrected chi connectivity index (χ0v) is 13.5. The fourth-order valence-corrected chi connectivity index (χ4v) is 3.35. The van der Waals surface area contributed by atoms with E-state index in [4.69, 9.17) is 33.7 Å². The second-order valence-electron chi connectivity index (χ2n) is 5.32. The average Bonchev–Trinajstić information content (AvgIpc) is 2.42. The quantitative estimate of drug-likeness (QED) is 0.924. The first-order valence-corrected chi connectivity index (χ1v) is 7.84. The number of ether oxygens (including phenoxy) is 1. The van der Waals surface area contributed by atoms with Gasteiger partial charge in [-0.25, -0.2) is 0 Å². The first-order valence-electron chi connectivity index (χ1n) is 7.09. The van der Waals surface area contributed by atoms with Crippen LogP contribution in [0.1, 0.15) is 31.9 Å². The van der Waals surface area contributed by atoms with Gasteiger partial charge in [0.2, 0.25) is 0 Å². The lowest BCUT2D eigenvalue weighted by Gasteiger charge is -2.43. The van der Waals surface area contributed by atoms with Crippen LogP contribution in [0.25, 0.3) is 0 Å². The van der Waals surface area contributed by atoms with Gasteiger partial charge >= 0.3 is 0 Å². The lowest BCUT2D eigenvalue weighted by atomic mass is 10.0. The second-order valence-corrected chi connectivity index (χ2v) is 6.16. The number of nitrogens with two attached hydrogens (primary N) is 1. The van der Waals surface area contributed by atoms with Crippen molar-refractivity contribution >= 4 is 23.2 Å². The van der Waals surface area contributed by atoms with Crippen molar-refractivity contribution in [2.45, 2.75) is 38.5 Å². The van der Waals surface area contributed by atoms with Gasteiger partial charge in [-0.2, -0.15) is 0 Å². The van der Waals surface area contributed by atoms with Gasteiger partial charge < -0.3 is 10.5 Å². The fraction of sp³-hybridized carbons (Fsp3) is 0.600. The third kappa shape index (κ3) is 3.46. The van der Waals surface area contributed by atoms with E-state index in [1.165, 1.54) is 0 Å². The molecule has 3 unspecified atom stereocenters. The minimum atomic E-state index is 0.107. The molecule has 0 spiro atoms. The normalized spacial score (nSPS) is 25.6. The highest BCUT2D eigenvalue weighted by atomic mass is 35.5. The Morgan fingerprint density at radius 2 is 2.20 bits per heavy atom. The average molecular weight is 317 g/mol. The van der Waals surface area contributed by atoms with Crippen LogP contribution in [0.4, 0.5) is 0 Å². The molecule has 5 heteroatoms. The molecule has 3 nitrogen and oxygen atoms in total. The minimum absolute atomic E-state index is 0.107. The summed E-state index contributed by atoms with van der Waals surface area (Å²) in [4.78, 5) is 2.42. The van der Waals surface area contributed by atoms with Gasteiger partial charge in [-0.1, -0.05) is 36.2 Å². The van der Waals surface area contributed by atoms with E-state index in [-0.39, 0.29) is 12.1 Å². The number of rotatable bonds is 4. The van der Waals surface area contributed by atoms with Crippen LogP contribution in [0, 0.1) is 0 Å². The van der Waals surface area contributed by atoms with E-state index in [9.17, 15) is 0 Å². The van der Waals surface area contributed by atoms with E-state index in [0.29, 0.717) is 22.6 Å². The maximum absolute atomic E-state index is 6.35. The molecule has 1 heterocycles. The van der Waals surface area contributed by atoms with Crippen molar-refractivity contribution in [1.29, 1.82) is 0 Å². The predicted molar refractivity (Wildman–Crippen MR) is 84.5 cm³/mol. The summed E-state index contributed by atoms with van der Waals surface area (Å²) in [6.07, 6.45) is 1.26. The molecular formula is C15H22Cl2N2O. The number of nitrogens with zero attached hydrogens (tertiary/aromatic N) is 1. The molecule has 1 fully saturated rings. The maximum Gasteiger partial charge on any atom is 0.0675 e. The lowest BCUT2D eigenvalue weighted by Crippen LogP contribution is -2.51.